The fourth-order valence-electron chi connectivity index (χ4n) is 3.08. The first kappa shape index (κ1) is 14.5. The van der Waals surface area contributed by atoms with Crippen LogP contribution in [0.25, 0.3) is 0 Å². The van der Waals surface area contributed by atoms with Crippen LogP contribution in [0.1, 0.15) is 43.7 Å². The number of amidine groups is 1. The van der Waals surface area contributed by atoms with E-state index in [1.54, 1.807) is 0 Å². The predicted molar refractivity (Wildman–Crippen MR) is 88.3 cm³/mol. The summed E-state index contributed by atoms with van der Waals surface area (Å²) >= 11 is 1.85. The number of hydrogen-bond acceptors (Lipinski definition) is 3. The molecule has 3 nitrogen and oxygen atoms in total. The molecular formula is C17H21N3S. The van der Waals surface area contributed by atoms with Crippen LogP contribution in [0.3, 0.4) is 0 Å². The Morgan fingerprint density at radius 2 is 2.24 bits per heavy atom. The van der Waals surface area contributed by atoms with Crippen molar-refractivity contribution in [3.8, 4) is 6.07 Å². The van der Waals surface area contributed by atoms with Crippen LogP contribution in [0.2, 0.25) is 0 Å². The lowest BCUT2D eigenvalue weighted by Crippen LogP contribution is -2.46. The van der Waals surface area contributed by atoms with Crippen molar-refractivity contribution in [3.05, 3.63) is 35.4 Å². The van der Waals surface area contributed by atoms with Crippen LogP contribution >= 0.6 is 11.8 Å². The molecule has 1 aromatic rings. The molecule has 1 heterocycles. The number of nitriles is 1. The van der Waals surface area contributed by atoms with E-state index in [0.717, 1.165) is 22.4 Å². The number of rotatable bonds is 2. The molecule has 1 spiro atoms. The van der Waals surface area contributed by atoms with Crippen molar-refractivity contribution in [1.29, 1.82) is 5.26 Å². The molecule has 0 amide bonds. The van der Waals surface area contributed by atoms with E-state index in [0.29, 0.717) is 17.6 Å². The van der Waals surface area contributed by atoms with Gasteiger partial charge >= 0.3 is 0 Å². The average molecular weight is 299 g/mol. The molecule has 2 fully saturated rings. The minimum Gasteiger partial charge on any atom is -0.359 e. The molecule has 0 unspecified atom stereocenters. The molecule has 3 rings (SSSR count). The van der Waals surface area contributed by atoms with Gasteiger partial charge in [-0.25, -0.2) is 0 Å². The molecule has 1 saturated heterocycles. The van der Waals surface area contributed by atoms with Crippen molar-refractivity contribution >= 4 is 16.9 Å². The average Bonchev–Trinajstić information content (AvgIpc) is 2.92. The number of nitrogens with one attached hydrogen (secondary N) is 1. The van der Waals surface area contributed by atoms with E-state index >= 15 is 0 Å². The van der Waals surface area contributed by atoms with Gasteiger partial charge < -0.3 is 5.32 Å². The minimum atomic E-state index is 0.296. The summed E-state index contributed by atoms with van der Waals surface area (Å²) < 4.78 is 0. The van der Waals surface area contributed by atoms with Gasteiger partial charge in [-0.3, -0.25) is 4.99 Å². The van der Waals surface area contributed by atoms with Crippen LogP contribution in [0.4, 0.5) is 0 Å². The molecule has 0 radical (unpaired) electrons. The summed E-state index contributed by atoms with van der Waals surface area (Å²) in [6.45, 7) is 3.00. The minimum absolute atomic E-state index is 0.296. The van der Waals surface area contributed by atoms with Gasteiger partial charge in [-0.15, -0.1) is 0 Å². The fourth-order valence-corrected chi connectivity index (χ4v) is 4.30. The lowest BCUT2D eigenvalue weighted by atomic mass is 9.78. The zero-order valence-electron chi connectivity index (χ0n) is 12.4. The zero-order chi connectivity index (χ0) is 14.7. The van der Waals surface area contributed by atoms with Crippen molar-refractivity contribution in [3.63, 3.8) is 0 Å². The Balaban J connectivity index is 1.62. The third-order valence-corrected chi connectivity index (χ3v) is 5.75. The maximum Gasteiger partial charge on any atom is 0.157 e. The highest BCUT2D eigenvalue weighted by molar-refractivity contribution is 8.14. The zero-order valence-corrected chi connectivity index (χ0v) is 13.2. The molecule has 1 aromatic carbocycles. The quantitative estimate of drug-likeness (QED) is 0.906. The van der Waals surface area contributed by atoms with Gasteiger partial charge in [-0.05, 0) is 49.3 Å². The number of nitrogens with zero attached hydrogens (tertiary/aromatic N) is 2. The van der Waals surface area contributed by atoms with Crippen LogP contribution in [0.15, 0.2) is 29.3 Å². The Hall–Kier alpha value is -1.47. The monoisotopic (exact) mass is 299 g/mol. The van der Waals surface area contributed by atoms with Gasteiger partial charge in [0.1, 0.15) is 0 Å². The van der Waals surface area contributed by atoms with Gasteiger partial charge in [-0.1, -0.05) is 30.8 Å². The first-order valence-electron chi connectivity index (χ1n) is 7.64. The molecule has 1 aliphatic carbocycles. The van der Waals surface area contributed by atoms with E-state index in [-0.39, 0.29) is 0 Å². The summed E-state index contributed by atoms with van der Waals surface area (Å²) in [7, 11) is 0. The molecular weight excluding hydrogens is 278 g/mol. The maximum absolute atomic E-state index is 8.93. The van der Waals surface area contributed by atoms with Gasteiger partial charge in [-0.2, -0.15) is 5.26 Å². The van der Waals surface area contributed by atoms with Crippen molar-refractivity contribution in [2.24, 2.45) is 10.9 Å². The first-order valence-corrected chi connectivity index (χ1v) is 8.62. The second-order valence-corrected chi connectivity index (χ2v) is 7.27. The van der Waals surface area contributed by atoms with Crippen LogP contribution in [-0.4, -0.2) is 16.5 Å². The van der Waals surface area contributed by atoms with E-state index in [1.165, 1.54) is 25.7 Å². The van der Waals surface area contributed by atoms with Crippen LogP contribution < -0.4 is 5.32 Å². The fraction of sp³-hybridized carbons (Fsp3) is 0.529. The van der Waals surface area contributed by atoms with E-state index in [1.807, 2.05) is 36.0 Å². The van der Waals surface area contributed by atoms with Gasteiger partial charge in [0.2, 0.25) is 0 Å². The third-order valence-electron chi connectivity index (χ3n) is 4.55. The van der Waals surface area contributed by atoms with E-state index in [9.17, 15) is 0 Å². The lowest BCUT2D eigenvalue weighted by molar-refractivity contribution is 0.251. The van der Waals surface area contributed by atoms with Crippen molar-refractivity contribution in [2.45, 2.75) is 44.7 Å². The Morgan fingerprint density at radius 3 is 3.00 bits per heavy atom. The molecule has 1 aliphatic heterocycles. The van der Waals surface area contributed by atoms with Gasteiger partial charge in [0.25, 0.3) is 0 Å². The molecule has 0 atom stereocenters. The van der Waals surface area contributed by atoms with E-state index in [2.05, 4.69) is 18.3 Å². The Labute approximate surface area is 130 Å². The largest absolute Gasteiger partial charge is 0.359 e. The highest BCUT2D eigenvalue weighted by Gasteiger charge is 2.39. The molecule has 1 saturated carbocycles. The van der Waals surface area contributed by atoms with Crippen LogP contribution in [0.5, 0.6) is 0 Å². The van der Waals surface area contributed by atoms with Crippen molar-refractivity contribution < 1.29 is 0 Å². The summed E-state index contributed by atoms with van der Waals surface area (Å²) in [6.07, 6.45) is 5.18. The van der Waals surface area contributed by atoms with Gasteiger partial charge in [0, 0.05) is 11.3 Å². The van der Waals surface area contributed by atoms with E-state index in [4.69, 9.17) is 10.3 Å². The summed E-state index contributed by atoms with van der Waals surface area (Å²) in [5.41, 5.74) is 2.10. The molecule has 4 heteroatoms. The maximum atomic E-state index is 8.93. The highest BCUT2D eigenvalue weighted by atomic mass is 32.2. The van der Waals surface area contributed by atoms with E-state index < -0.39 is 0 Å². The predicted octanol–water partition coefficient (Wildman–Crippen LogP) is 3.70. The number of aliphatic imine (C=N–C) groups is 1. The van der Waals surface area contributed by atoms with Crippen molar-refractivity contribution in [2.75, 3.05) is 5.75 Å². The van der Waals surface area contributed by atoms with Gasteiger partial charge in [0.15, 0.2) is 5.17 Å². The summed E-state index contributed by atoms with van der Waals surface area (Å²) in [4.78, 5) is 4.70. The van der Waals surface area contributed by atoms with Gasteiger partial charge in [0.05, 0.1) is 18.2 Å². The highest BCUT2D eigenvalue weighted by Crippen LogP contribution is 2.38. The summed E-state index contributed by atoms with van der Waals surface area (Å²) in [6, 6.07) is 9.88. The molecule has 0 aromatic heterocycles. The number of thioether (sulfide) groups is 1. The second kappa shape index (κ2) is 6.11. The standard InChI is InChI=1S/C17H21N3S/c1-13-5-7-17(8-6-13)12-21-16(20-17)19-11-15-4-2-3-14(9-15)10-18/h2-4,9,13H,5-8,11-12H2,1H3,(H,19,20). The lowest BCUT2D eigenvalue weighted by Gasteiger charge is -2.35. The topological polar surface area (TPSA) is 48.2 Å². The molecule has 1 N–H and O–H groups in total. The smallest absolute Gasteiger partial charge is 0.157 e. The molecule has 0 bridgehead atoms. The third kappa shape index (κ3) is 3.41. The Bertz CT molecular complexity index is 580. The first-order chi connectivity index (χ1) is 10.2. The molecule has 21 heavy (non-hydrogen) atoms. The van der Waals surface area contributed by atoms with Crippen molar-refractivity contribution in [1.82, 2.24) is 5.32 Å². The van der Waals surface area contributed by atoms with Crippen LogP contribution in [0, 0.1) is 17.2 Å². The van der Waals surface area contributed by atoms with Crippen LogP contribution in [-0.2, 0) is 6.54 Å². The normalized spacial score (nSPS) is 30.3. The number of hydrogen-bond donors (Lipinski definition) is 1. The summed E-state index contributed by atoms with van der Waals surface area (Å²) in [5, 5.41) is 13.7. The molecule has 110 valence electrons. The Morgan fingerprint density at radius 1 is 1.43 bits per heavy atom. The number of benzene rings is 1. The SMILES string of the molecule is CC1CCC2(CC1)CSC(=NCc1cccc(C#N)c1)N2. The Kier molecular flexibility index (Phi) is 4.21. The molecule has 2 aliphatic rings. The summed E-state index contributed by atoms with van der Waals surface area (Å²) in [5.74, 6) is 2.02. The second-order valence-electron chi connectivity index (χ2n) is 6.31.